The molecule has 1 aromatic rings. The summed E-state index contributed by atoms with van der Waals surface area (Å²) < 4.78 is 5.17. The van der Waals surface area contributed by atoms with Gasteiger partial charge in [-0.2, -0.15) is 0 Å². The Morgan fingerprint density at radius 3 is 2.70 bits per heavy atom. The molecule has 2 aliphatic rings. The van der Waals surface area contributed by atoms with Crippen molar-refractivity contribution in [2.75, 3.05) is 31.6 Å². The Hall–Kier alpha value is -1.62. The number of carbonyl (C=O) groups is 1. The summed E-state index contributed by atoms with van der Waals surface area (Å²) in [6.45, 7) is 4.71. The van der Waals surface area contributed by atoms with Crippen LogP contribution in [0.15, 0.2) is 18.2 Å². The van der Waals surface area contributed by atoms with E-state index in [1.165, 1.54) is 0 Å². The van der Waals surface area contributed by atoms with Crippen LogP contribution in [-0.2, 0) is 4.74 Å². The van der Waals surface area contributed by atoms with E-state index >= 15 is 0 Å². The van der Waals surface area contributed by atoms with Crippen molar-refractivity contribution in [3.8, 4) is 0 Å². The molecule has 1 unspecified atom stereocenters. The second-order valence-corrected chi connectivity index (χ2v) is 5.80. The SMILES string of the molecule is CC1CN(c2cccc(C3CCN(C)CC3)n2)C(=O)O1. The highest BCUT2D eigenvalue weighted by Crippen LogP contribution is 2.28. The van der Waals surface area contributed by atoms with Gasteiger partial charge < -0.3 is 9.64 Å². The van der Waals surface area contributed by atoms with Gasteiger partial charge in [-0.15, -0.1) is 0 Å². The number of hydrogen-bond acceptors (Lipinski definition) is 4. The van der Waals surface area contributed by atoms with E-state index in [1.807, 2.05) is 19.1 Å². The number of ether oxygens (including phenoxy) is 1. The van der Waals surface area contributed by atoms with Gasteiger partial charge in [-0.25, -0.2) is 9.78 Å². The molecule has 20 heavy (non-hydrogen) atoms. The molecule has 1 aromatic heterocycles. The second kappa shape index (κ2) is 5.40. The first-order chi connectivity index (χ1) is 9.63. The lowest BCUT2D eigenvalue weighted by atomic mass is 9.93. The third kappa shape index (κ3) is 2.63. The standard InChI is InChI=1S/C15H21N3O2/c1-11-10-18(15(19)20-11)14-5-3-4-13(16-14)12-6-8-17(2)9-7-12/h3-5,11-12H,6-10H2,1-2H3. The van der Waals surface area contributed by atoms with Crippen molar-refractivity contribution in [2.45, 2.75) is 31.8 Å². The Balaban J connectivity index is 1.78. The van der Waals surface area contributed by atoms with Crippen molar-refractivity contribution in [1.82, 2.24) is 9.88 Å². The minimum absolute atomic E-state index is 0.0590. The Kier molecular flexibility index (Phi) is 3.61. The van der Waals surface area contributed by atoms with Crippen LogP contribution in [0.2, 0.25) is 0 Å². The van der Waals surface area contributed by atoms with Gasteiger partial charge in [-0.3, -0.25) is 4.90 Å². The Morgan fingerprint density at radius 2 is 2.05 bits per heavy atom. The van der Waals surface area contributed by atoms with Crippen LogP contribution in [0.25, 0.3) is 0 Å². The zero-order chi connectivity index (χ0) is 14.1. The van der Waals surface area contributed by atoms with Crippen LogP contribution < -0.4 is 4.90 Å². The maximum absolute atomic E-state index is 11.8. The molecule has 0 aromatic carbocycles. The number of cyclic esters (lactones) is 1. The number of anilines is 1. The summed E-state index contributed by atoms with van der Waals surface area (Å²) in [5.41, 5.74) is 1.10. The van der Waals surface area contributed by atoms with Gasteiger partial charge in [0.1, 0.15) is 11.9 Å². The first-order valence-corrected chi connectivity index (χ1v) is 7.27. The summed E-state index contributed by atoms with van der Waals surface area (Å²) in [6, 6.07) is 5.95. The molecule has 2 fully saturated rings. The average molecular weight is 275 g/mol. The number of piperidine rings is 1. The number of nitrogens with zero attached hydrogens (tertiary/aromatic N) is 3. The van der Waals surface area contributed by atoms with Gasteiger partial charge in [0.25, 0.3) is 0 Å². The Labute approximate surface area is 119 Å². The molecule has 0 bridgehead atoms. The molecule has 5 nitrogen and oxygen atoms in total. The average Bonchev–Trinajstić information content (AvgIpc) is 2.79. The maximum Gasteiger partial charge on any atom is 0.415 e. The topological polar surface area (TPSA) is 45.7 Å². The lowest BCUT2D eigenvalue weighted by molar-refractivity contribution is 0.150. The highest BCUT2D eigenvalue weighted by atomic mass is 16.6. The normalized spacial score (nSPS) is 25.0. The first-order valence-electron chi connectivity index (χ1n) is 7.27. The van der Waals surface area contributed by atoms with Crippen molar-refractivity contribution in [3.05, 3.63) is 23.9 Å². The molecule has 0 radical (unpaired) electrons. The van der Waals surface area contributed by atoms with Crippen LogP contribution >= 0.6 is 0 Å². The number of carbonyl (C=O) groups excluding carboxylic acids is 1. The van der Waals surface area contributed by atoms with Gasteiger partial charge in [0.05, 0.1) is 6.54 Å². The molecule has 1 atom stereocenters. The highest BCUT2D eigenvalue weighted by molar-refractivity contribution is 5.88. The van der Waals surface area contributed by atoms with Gasteiger partial charge >= 0.3 is 6.09 Å². The smallest absolute Gasteiger partial charge is 0.415 e. The van der Waals surface area contributed by atoms with E-state index in [0.717, 1.165) is 37.4 Å². The number of amides is 1. The van der Waals surface area contributed by atoms with E-state index in [1.54, 1.807) is 4.90 Å². The van der Waals surface area contributed by atoms with Gasteiger partial charge in [0.2, 0.25) is 0 Å². The van der Waals surface area contributed by atoms with Crippen molar-refractivity contribution >= 4 is 11.9 Å². The quantitative estimate of drug-likeness (QED) is 0.830. The summed E-state index contributed by atoms with van der Waals surface area (Å²) in [6.07, 6.45) is 1.92. The molecule has 2 aliphatic heterocycles. The van der Waals surface area contributed by atoms with Crippen LogP contribution in [0.1, 0.15) is 31.4 Å². The summed E-state index contributed by atoms with van der Waals surface area (Å²) in [4.78, 5) is 20.4. The van der Waals surface area contributed by atoms with E-state index in [0.29, 0.717) is 12.5 Å². The number of aromatic nitrogens is 1. The third-order valence-electron chi connectivity index (χ3n) is 4.13. The van der Waals surface area contributed by atoms with Crippen LogP contribution in [0.3, 0.4) is 0 Å². The largest absolute Gasteiger partial charge is 0.444 e. The molecule has 2 saturated heterocycles. The monoisotopic (exact) mass is 275 g/mol. The molecule has 3 rings (SSSR count). The fourth-order valence-electron chi connectivity index (χ4n) is 2.91. The molecule has 0 N–H and O–H groups in total. The Morgan fingerprint density at radius 1 is 1.30 bits per heavy atom. The van der Waals surface area contributed by atoms with Gasteiger partial charge in [-0.1, -0.05) is 6.07 Å². The molecule has 0 saturated carbocycles. The lowest BCUT2D eigenvalue weighted by Gasteiger charge is -2.28. The molecule has 108 valence electrons. The molecule has 1 amide bonds. The van der Waals surface area contributed by atoms with Crippen molar-refractivity contribution in [2.24, 2.45) is 0 Å². The van der Waals surface area contributed by atoms with Crippen LogP contribution in [0.4, 0.5) is 10.6 Å². The molecule has 0 aliphatic carbocycles. The van der Waals surface area contributed by atoms with E-state index in [4.69, 9.17) is 9.72 Å². The predicted octanol–water partition coefficient (Wildman–Crippen LogP) is 2.24. The van der Waals surface area contributed by atoms with Gasteiger partial charge in [0.15, 0.2) is 0 Å². The summed E-state index contributed by atoms with van der Waals surface area (Å²) >= 11 is 0. The molecule has 5 heteroatoms. The number of likely N-dealkylation sites (tertiary alicyclic amines) is 1. The van der Waals surface area contributed by atoms with Crippen molar-refractivity contribution in [1.29, 1.82) is 0 Å². The van der Waals surface area contributed by atoms with E-state index in [-0.39, 0.29) is 12.2 Å². The van der Waals surface area contributed by atoms with Crippen LogP contribution in [0, 0.1) is 0 Å². The minimum atomic E-state index is -0.287. The fourth-order valence-corrected chi connectivity index (χ4v) is 2.91. The molecular weight excluding hydrogens is 254 g/mol. The van der Waals surface area contributed by atoms with E-state index in [9.17, 15) is 4.79 Å². The minimum Gasteiger partial charge on any atom is -0.444 e. The van der Waals surface area contributed by atoms with Gasteiger partial charge in [0, 0.05) is 11.6 Å². The first kappa shape index (κ1) is 13.4. The zero-order valence-electron chi connectivity index (χ0n) is 12.1. The van der Waals surface area contributed by atoms with E-state index < -0.39 is 0 Å². The summed E-state index contributed by atoms with van der Waals surface area (Å²) in [7, 11) is 2.15. The molecule has 3 heterocycles. The van der Waals surface area contributed by atoms with Crippen LogP contribution in [-0.4, -0.2) is 48.8 Å². The fraction of sp³-hybridized carbons (Fsp3) is 0.600. The van der Waals surface area contributed by atoms with Gasteiger partial charge in [-0.05, 0) is 52.0 Å². The number of rotatable bonds is 2. The van der Waals surface area contributed by atoms with Crippen LogP contribution in [0.5, 0.6) is 0 Å². The van der Waals surface area contributed by atoms with E-state index in [2.05, 4.69) is 18.0 Å². The zero-order valence-corrected chi connectivity index (χ0v) is 12.1. The lowest BCUT2D eigenvalue weighted by Crippen LogP contribution is -2.30. The number of hydrogen-bond donors (Lipinski definition) is 0. The van der Waals surface area contributed by atoms with Crippen molar-refractivity contribution in [3.63, 3.8) is 0 Å². The second-order valence-electron chi connectivity index (χ2n) is 5.80. The number of pyridine rings is 1. The Bertz CT molecular complexity index is 498. The third-order valence-corrected chi connectivity index (χ3v) is 4.13. The maximum atomic E-state index is 11.8. The summed E-state index contributed by atoms with van der Waals surface area (Å²) in [5, 5.41) is 0. The summed E-state index contributed by atoms with van der Waals surface area (Å²) in [5.74, 6) is 1.22. The molecule has 0 spiro atoms. The highest BCUT2D eigenvalue weighted by Gasteiger charge is 2.30. The molecular formula is C15H21N3O2. The van der Waals surface area contributed by atoms with Crippen molar-refractivity contribution < 1.29 is 9.53 Å². The predicted molar refractivity (Wildman–Crippen MR) is 77.0 cm³/mol.